The van der Waals surface area contributed by atoms with E-state index in [0.717, 1.165) is 16.5 Å². The predicted molar refractivity (Wildman–Crippen MR) is 88.7 cm³/mol. The number of hydrogen-bond acceptors (Lipinski definition) is 5. The zero-order chi connectivity index (χ0) is 16.2. The maximum Gasteiger partial charge on any atom is 0.515 e. The summed E-state index contributed by atoms with van der Waals surface area (Å²) >= 11 is 3.42. The number of benzene rings is 1. The summed E-state index contributed by atoms with van der Waals surface area (Å²) in [6, 6.07) is 9.56. The molecule has 0 radical (unpaired) electrons. The van der Waals surface area contributed by atoms with E-state index in [1.807, 2.05) is 24.3 Å². The van der Waals surface area contributed by atoms with Gasteiger partial charge in [0.25, 0.3) is 0 Å². The molecule has 0 N–H and O–H groups in total. The van der Waals surface area contributed by atoms with Crippen LogP contribution in [-0.2, 0) is 10.1 Å². The van der Waals surface area contributed by atoms with Crippen LogP contribution in [0.3, 0.4) is 0 Å². The molecular weight excluding hydrogens is 362 g/mol. The second kappa shape index (κ2) is 6.78. The predicted octanol–water partition coefficient (Wildman–Crippen LogP) is 3.83. The van der Waals surface area contributed by atoms with Gasteiger partial charge in [-0.1, -0.05) is 40.2 Å². The lowest BCUT2D eigenvalue weighted by Crippen LogP contribution is -2.12. The number of fused-ring (bicyclic) bond motifs is 1. The number of imidazole rings is 1. The van der Waals surface area contributed by atoms with Gasteiger partial charge in [0, 0.05) is 23.3 Å². The molecule has 0 amide bonds. The van der Waals surface area contributed by atoms with Gasteiger partial charge in [0.15, 0.2) is 0 Å². The Morgan fingerprint density at radius 1 is 1.30 bits per heavy atom. The van der Waals surface area contributed by atoms with Crippen LogP contribution in [0.5, 0.6) is 5.88 Å². The minimum atomic E-state index is -0.767. The van der Waals surface area contributed by atoms with E-state index in [1.165, 1.54) is 0 Å². The third kappa shape index (κ3) is 3.19. The van der Waals surface area contributed by atoms with E-state index < -0.39 is 6.16 Å². The van der Waals surface area contributed by atoms with Crippen molar-refractivity contribution in [1.82, 2.24) is 14.4 Å². The molecular formula is C16H14BrN3O3. The fourth-order valence-corrected chi connectivity index (χ4v) is 2.50. The third-order valence-electron chi connectivity index (χ3n) is 3.18. The first kappa shape index (κ1) is 15.5. The molecule has 0 saturated carbocycles. The molecule has 2 heterocycles. The molecule has 2 aromatic heterocycles. The molecule has 0 atom stereocenters. The summed E-state index contributed by atoms with van der Waals surface area (Å²) in [5.74, 6) is 0.740. The number of hydrogen-bond donors (Lipinski definition) is 0. The van der Waals surface area contributed by atoms with Gasteiger partial charge in [-0.15, -0.1) is 0 Å². The summed E-state index contributed by atoms with van der Waals surface area (Å²) in [6.45, 7) is 1.96. The van der Waals surface area contributed by atoms with Crippen molar-refractivity contribution >= 4 is 27.9 Å². The SMILES string of the molecule is CCOC(=O)Oc1c(-c2ccc(CBr)cc2)nc2ncccn12. The lowest BCUT2D eigenvalue weighted by atomic mass is 10.1. The van der Waals surface area contributed by atoms with Gasteiger partial charge in [-0.2, -0.15) is 0 Å². The van der Waals surface area contributed by atoms with Crippen LogP contribution in [0.4, 0.5) is 4.79 Å². The number of ether oxygens (including phenoxy) is 2. The second-order valence-electron chi connectivity index (χ2n) is 4.67. The van der Waals surface area contributed by atoms with Gasteiger partial charge >= 0.3 is 6.16 Å². The van der Waals surface area contributed by atoms with E-state index in [-0.39, 0.29) is 12.5 Å². The molecule has 0 fully saturated rings. The lowest BCUT2D eigenvalue weighted by Gasteiger charge is -2.06. The van der Waals surface area contributed by atoms with Gasteiger partial charge < -0.3 is 9.47 Å². The smallest absolute Gasteiger partial charge is 0.434 e. The van der Waals surface area contributed by atoms with E-state index in [9.17, 15) is 4.79 Å². The summed E-state index contributed by atoms with van der Waals surface area (Å²) in [5, 5.41) is 0.770. The van der Waals surface area contributed by atoms with E-state index in [0.29, 0.717) is 11.5 Å². The molecule has 0 spiro atoms. The van der Waals surface area contributed by atoms with Gasteiger partial charge in [0.2, 0.25) is 11.7 Å². The molecule has 3 aromatic rings. The zero-order valence-corrected chi connectivity index (χ0v) is 14.0. The van der Waals surface area contributed by atoms with Gasteiger partial charge in [-0.05, 0) is 18.6 Å². The van der Waals surface area contributed by atoms with Crippen molar-refractivity contribution in [3.8, 4) is 17.1 Å². The van der Waals surface area contributed by atoms with Crippen LogP contribution >= 0.6 is 15.9 Å². The minimum absolute atomic E-state index is 0.239. The zero-order valence-electron chi connectivity index (χ0n) is 12.4. The molecule has 0 aliphatic carbocycles. The van der Waals surface area contributed by atoms with Gasteiger partial charge in [0.05, 0.1) is 6.61 Å². The summed E-state index contributed by atoms with van der Waals surface area (Å²) in [7, 11) is 0. The average Bonchev–Trinajstić information content (AvgIpc) is 2.94. The summed E-state index contributed by atoms with van der Waals surface area (Å²) in [6.07, 6.45) is 2.60. The highest BCUT2D eigenvalue weighted by Gasteiger charge is 2.19. The fourth-order valence-electron chi connectivity index (χ4n) is 2.13. The Kier molecular flexibility index (Phi) is 4.57. The van der Waals surface area contributed by atoms with Crippen molar-refractivity contribution in [3.63, 3.8) is 0 Å². The van der Waals surface area contributed by atoms with Crippen LogP contribution in [0.1, 0.15) is 12.5 Å². The highest BCUT2D eigenvalue weighted by molar-refractivity contribution is 9.08. The Hall–Kier alpha value is -2.41. The van der Waals surface area contributed by atoms with Gasteiger partial charge in [-0.25, -0.2) is 14.8 Å². The van der Waals surface area contributed by atoms with Crippen LogP contribution in [0.25, 0.3) is 17.0 Å². The fraction of sp³-hybridized carbons (Fsp3) is 0.188. The third-order valence-corrected chi connectivity index (χ3v) is 3.83. The van der Waals surface area contributed by atoms with Gasteiger partial charge in [-0.3, -0.25) is 4.40 Å². The number of halogens is 1. The highest BCUT2D eigenvalue weighted by atomic mass is 79.9. The topological polar surface area (TPSA) is 65.7 Å². The molecule has 0 saturated heterocycles. The standard InChI is InChI=1S/C16H14BrN3O3/c1-2-22-16(21)23-14-13(12-6-4-11(10-17)5-7-12)19-15-18-8-3-9-20(14)15/h3-9H,2,10H2,1H3. The maximum atomic E-state index is 11.7. The van der Waals surface area contributed by atoms with Crippen molar-refractivity contribution in [1.29, 1.82) is 0 Å². The van der Waals surface area contributed by atoms with E-state index >= 15 is 0 Å². The lowest BCUT2D eigenvalue weighted by molar-refractivity contribution is 0.102. The number of rotatable bonds is 4. The van der Waals surface area contributed by atoms with Crippen LogP contribution in [-0.4, -0.2) is 27.1 Å². The molecule has 118 valence electrons. The Morgan fingerprint density at radius 2 is 2.09 bits per heavy atom. The summed E-state index contributed by atoms with van der Waals surface area (Å²) < 4.78 is 11.8. The maximum absolute atomic E-state index is 11.7. The van der Waals surface area contributed by atoms with Crippen LogP contribution in [0.2, 0.25) is 0 Å². The first-order chi connectivity index (χ1) is 11.2. The van der Waals surface area contributed by atoms with E-state index in [1.54, 1.807) is 29.8 Å². The Labute approximate surface area is 141 Å². The van der Waals surface area contributed by atoms with Gasteiger partial charge in [0.1, 0.15) is 5.69 Å². The van der Waals surface area contributed by atoms with Crippen molar-refractivity contribution in [2.24, 2.45) is 0 Å². The van der Waals surface area contributed by atoms with E-state index in [4.69, 9.17) is 9.47 Å². The largest absolute Gasteiger partial charge is 0.515 e. The number of nitrogens with zero attached hydrogens (tertiary/aromatic N) is 3. The quantitative estimate of drug-likeness (QED) is 0.512. The Morgan fingerprint density at radius 3 is 2.78 bits per heavy atom. The normalized spacial score (nSPS) is 10.7. The van der Waals surface area contributed by atoms with Crippen molar-refractivity contribution in [3.05, 3.63) is 48.3 Å². The Bertz CT molecular complexity index is 830. The average molecular weight is 376 g/mol. The van der Waals surface area contributed by atoms with E-state index in [2.05, 4.69) is 25.9 Å². The number of carbonyl (C=O) groups excluding carboxylic acids is 1. The molecule has 1 aromatic carbocycles. The monoisotopic (exact) mass is 375 g/mol. The van der Waals surface area contributed by atoms with Crippen molar-refractivity contribution < 1.29 is 14.3 Å². The van der Waals surface area contributed by atoms with Crippen LogP contribution in [0.15, 0.2) is 42.7 Å². The number of alkyl halides is 1. The summed E-state index contributed by atoms with van der Waals surface area (Å²) in [5.41, 5.74) is 2.51. The number of carbonyl (C=O) groups is 1. The minimum Gasteiger partial charge on any atom is -0.434 e. The molecule has 0 unspecified atom stereocenters. The Balaban J connectivity index is 2.08. The van der Waals surface area contributed by atoms with Crippen molar-refractivity contribution in [2.75, 3.05) is 6.61 Å². The molecule has 23 heavy (non-hydrogen) atoms. The number of aromatic nitrogens is 3. The van der Waals surface area contributed by atoms with Crippen LogP contribution in [0, 0.1) is 0 Å². The molecule has 7 heteroatoms. The molecule has 6 nitrogen and oxygen atoms in total. The van der Waals surface area contributed by atoms with Crippen molar-refractivity contribution in [2.45, 2.75) is 12.3 Å². The highest BCUT2D eigenvalue weighted by Crippen LogP contribution is 2.30. The van der Waals surface area contributed by atoms with Crippen LogP contribution < -0.4 is 4.74 Å². The second-order valence-corrected chi connectivity index (χ2v) is 5.23. The molecule has 0 aliphatic rings. The summed E-state index contributed by atoms with van der Waals surface area (Å²) in [4.78, 5) is 20.4. The first-order valence-corrected chi connectivity index (χ1v) is 8.18. The molecule has 0 bridgehead atoms. The molecule has 0 aliphatic heterocycles. The first-order valence-electron chi connectivity index (χ1n) is 7.06. The molecule has 3 rings (SSSR count).